The Labute approximate surface area is 203 Å². The van der Waals surface area contributed by atoms with Crippen LogP contribution in [0.1, 0.15) is 27.2 Å². The monoisotopic (exact) mass is 513 g/mol. The third-order valence-electron chi connectivity index (χ3n) is 5.70. The molecule has 35 heavy (non-hydrogen) atoms. The summed E-state index contributed by atoms with van der Waals surface area (Å²) in [6.45, 7) is 5.57. The number of hydrogen-bond donors (Lipinski definition) is 7. The molecule has 0 spiro atoms. The summed E-state index contributed by atoms with van der Waals surface area (Å²) in [5.74, 6) is 0. The van der Waals surface area contributed by atoms with Gasteiger partial charge in [0.15, 0.2) is 18.7 Å². The second-order valence-corrected chi connectivity index (χ2v) is 9.71. The molecule has 2 aliphatic rings. The second-order valence-electron chi connectivity index (χ2n) is 9.71. The maximum absolute atomic E-state index is 11.2. The van der Waals surface area contributed by atoms with Crippen molar-refractivity contribution in [1.29, 1.82) is 0 Å². The normalized spacial score (nSPS) is 38.3. The van der Waals surface area contributed by atoms with Gasteiger partial charge in [-0.25, -0.2) is 4.79 Å². The Morgan fingerprint density at radius 1 is 0.829 bits per heavy atom. The zero-order chi connectivity index (χ0) is 26.3. The van der Waals surface area contributed by atoms with Crippen molar-refractivity contribution in [2.24, 2.45) is 11.1 Å². The van der Waals surface area contributed by atoms with E-state index in [1.54, 1.807) is 0 Å². The highest BCUT2D eigenvalue weighted by Gasteiger charge is 2.52. The average Bonchev–Trinajstić information content (AvgIpc) is 2.78. The van der Waals surface area contributed by atoms with E-state index in [2.05, 4.69) is 20.8 Å². The number of aliphatic hydroxyl groups is 6. The maximum Gasteiger partial charge on any atom is 0.404 e. The van der Waals surface area contributed by atoms with Gasteiger partial charge in [-0.1, -0.05) is 20.8 Å². The predicted molar refractivity (Wildman–Crippen MR) is 116 cm³/mol. The number of ether oxygens (including phenoxy) is 6. The van der Waals surface area contributed by atoms with Crippen LogP contribution in [-0.4, -0.2) is 131 Å². The molecule has 2 heterocycles. The third-order valence-corrected chi connectivity index (χ3v) is 5.70. The van der Waals surface area contributed by atoms with E-state index in [-0.39, 0.29) is 18.6 Å². The van der Waals surface area contributed by atoms with Gasteiger partial charge in [-0.3, -0.25) is 0 Å². The largest absolute Gasteiger partial charge is 0.441 e. The summed E-state index contributed by atoms with van der Waals surface area (Å²) in [6, 6.07) is 0. The molecule has 2 rings (SSSR count). The Morgan fingerprint density at radius 2 is 1.43 bits per heavy atom. The Bertz CT molecular complexity index is 647. The van der Waals surface area contributed by atoms with E-state index < -0.39 is 80.7 Å². The lowest BCUT2D eigenvalue weighted by Gasteiger charge is -2.46. The van der Waals surface area contributed by atoms with Gasteiger partial charge >= 0.3 is 6.09 Å². The minimum absolute atomic E-state index is 0.00903. The van der Waals surface area contributed by atoms with E-state index in [1.807, 2.05) is 0 Å². The van der Waals surface area contributed by atoms with Crippen LogP contribution in [0.3, 0.4) is 0 Å². The molecule has 1 amide bonds. The number of aliphatic hydroxyl groups excluding tert-OH is 6. The quantitative estimate of drug-likeness (QED) is 0.139. The van der Waals surface area contributed by atoms with Gasteiger partial charge in [0, 0.05) is 6.61 Å². The van der Waals surface area contributed by atoms with Crippen LogP contribution in [0.2, 0.25) is 0 Å². The van der Waals surface area contributed by atoms with Gasteiger partial charge in [0.1, 0.15) is 42.7 Å². The lowest BCUT2D eigenvalue weighted by atomic mass is 9.93. The summed E-state index contributed by atoms with van der Waals surface area (Å²) < 4.78 is 32.4. The number of carbonyl (C=O) groups is 1. The summed E-state index contributed by atoms with van der Waals surface area (Å²) in [6.07, 6.45) is -15.7. The summed E-state index contributed by atoms with van der Waals surface area (Å²) in [7, 11) is 0. The molecule has 14 nitrogen and oxygen atoms in total. The Morgan fingerprint density at radius 3 is 2.00 bits per heavy atom. The molecule has 0 aliphatic carbocycles. The number of primary amides is 1. The van der Waals surface area contributed by atoms with Gasteiger partial charge in [0.2, 0.25) is 0 Å². The van der Waals surface area contributed by atoms with Crippen LogP contribution in [0.4, 0.5) is 4.79 Å². The van der Waals surface area contributed by atoms with Crippen molar-refractivity contribution in [3.05, 3.63) is 0 Å². The first-order chi connectivity index (χ1) is 16.4. The lowest BCUT2D eigenvalue weighted by molar-refractivity contribution is -0.367. The van der Waals surface area contributed by atoms with E-state index in [1.165, 1.54) is 0 Å². The van der Waals surface area contributed by atoms with E-state index in [4.69, 9.17) is 34.2 Å². The minimum atomic E-state index is -1.79. The Hall–Kier alpha value is -1.17. The molecule has 2 aliphatic heterocycles. The number of carbonyl (C=O) groups excluding carboxylic acids is 1. The van der Waals surface area contributed by atoms with E-state index in [9.17, 15) is 35.4 Å². The highest BCUT2D eigenvalue weighted by Crippen LogP contribution is 2.30. The van der Waals surface area contributed by atoms with Crippen LogP contribution in [-0.2, 0) is 28.4 Å². The van der Waals surface area contributed by atoms with Crippen LogP contribution in [0.5, 0.6) is 0 Å². The zero-order valence-corrected chi connectivity index (χ0v) is 20.1. The maximum atomic E-state index is 11.2. The van der Waals surface area contributed by atoms with E-state index in [0.717, 1.165) is 6.42 Å². The van der Waals surface area contributed by atoms with E-state index in [0.29, 0.717) is 6.61 Å². The molecule has 0 aromatic rings. The Kier molecular flexibility index (Phi) is 11.5. The summed E-state index contributed by atoms with van der Waals surface area (Å²) in [5, 5.41) is 60.7. The molecule has 206 valence electrons. The first-order valence-electron chi connectivity index (χ1n) is 11.5. The molecule has 10 atom stereocenters. The van der Waals surface area contributed by atoms with Gasteiger partial charge in [-0.15, -0.1) is 0 Å². The fourth-order valence-electron chi connectivity index (χ4n) is 3.63. The molecule has 2 fully saturated rings. The molecule has 14 heteroatoms. The highest BCUT2D eigenvalue weighted by atomic mass is 16.8. The fraction of sp³-hybridized carbons (Fsp3) is 0.952. The second kappa shape index (κ2) is 13.4. The zero-order valence-electron chi connectivity index (χ0n) is 20.1. The van der Waals surface area contributed by atoms with Crippen molar-refractivity contribution >= 4 is 6.09 Å². The van der Waals surface area contributed by atoms with Crippen LogP contribution >= 0.6 is 0 Å². The third kappa shape index (κ3) is 8.43. The van der Waals surface area contributed by atoms with Crippen molar-refractivity contribution in [3.8, 4) is 0 Å². The topological polar surface area (TPSA) is 220 Å². The van der Waals surface area contributed by atoms with Crippen LogP contribution in [0.15, 0.2) is 0 Å². The molecule has 0 unspecified atom stereocenters. The lowest BCUT2D eigenvalue weighted by Crippen LogP contribution is -2.65. The molecule has 8 N–H and O–H groups in total. The van der Waals surface area contributed by atoms with Crippen LogP contribution < -0.4 is 5.73 Å². The first-order valence-corrected chi connectivity index (χ1v) is 11.5. The fourth-order valence-corrected chi connectivity index (χ4v) is 3.63. The molecular formula is C21H39NO13. The minimum Gasteiger partial charge on any atom is -0.441 e. The van der Waals surface area contributed by atoms with Crippen molar-refractivity contribution in [1.82, 2.24) is 0 Å². The predicted octanol–water partition coefficient (Wildman–Crippen LogP) is -2.82. The molecule has 2 saturated heterocycles. The molecule has 0 radical (unpaired) electrons. The summed E-state index contributed by atoms with van der Waals surface area (Å²) in [4.78, 5) is 11.2. The van der Waals surface area contributed by atoms with Crippen molar-refractivity contribution in [2.75, 3.05) is 33.0 Å². The molecule has 0 saturated carbocycles. The van der Waals surface area contributed by atoms with Gasteiger partial charge in [-0.2, -0.15) is 0 Å². The summed E-state index contributed by atoms with van der Waals surface area (Å²) in [5.41, 5.74) is 5.09. The Balaban J connectivity index is 2.08. The number of hydrogen-bond acceptors (Lipinski definition) is 13. The van der Waals surface area contributed by atoms with E-state index >= 15 is 0 Å². The number of rotatable bonds is 11. The van der Waals surface area contributed by atoms with Gasteiger partial charge in [-0.05, 0) is 11.8 Å². The number of amides is 1. The standard InChI is InChI=1S/C21H39NO13/c1-21(2,3)4-5-30-6-7-31-19-17(14(27)12(25)10(8-23)33-19)34-18-15(28)16(35-20(22)29)13(26)11(9-24)32-18/h10-19,23-28H,4-9H2,1-3H3,(H2,22,29)/t10-,11+,12+,13+,14-,15-,16-,17-,18+,19-/m0/s1. The SMILES string of the molecule is CC(C)(C)CCOCCO[C@H]1O[C@@H](CO)[C@@H](O)[C@H](O)[C@@H]1O[C@H]1O[C@H](CO)[C@@H](O)[C@H](OC(N)=O)[C@@H]1O. The van der Waals surface area contributed by atoms with Crippen molar-refractivity contribution in [3.63, 3.8) is 0 Å². The summed E-state index contributed by atoms with van der Waals surface area (Å²) >= 11 is 0. The smallest absolute Gasteiger partial charge is 0.404 e. The first kappa shape index (κ1) is 30.1. The molecule has 0 aromatic carbocycles. The van der Waals surface area contributed by atoms with Crippen molar-refractivity contribution < 1.29 is 63.9 Å². The van der Waals surface area contributed by atoms with Crippen LogP contribution in [0.25, 0.3) is 0 Å². The van der Waals surface area contributed by atoms with Crippen LogP contribution in [0, 0.1) is 5.41 Å². The van der Waals surface area contributed by atoms with Gasteiger partial charge in [0.25, 0.3) is 0 Å². The molecule has 0 bridgehead atoms. The number of nitrogens with two attached hydrogens (primary N) is 1. The van der Waals surface area contributed by atoms with Gasteiger partial charge < -0.3 is 64.8 Å². The van der Waals surface area contributed by atoms with Crippen molar-refractivity contribution in [2.45, 2.75) is 88.6 Å². The molecular weight excluding hydrogens is 474 g/mol. The van der Waals surface area contributed by atoms with Gasteiger partial charge in [0.05, 0.1) is 26.4 Å². The highest BCUT2D eigenvalue weighted by molar-refractivity contribution is 5.65. The average molecular weight is 514 g/mol. The molecule has 0 aromatic heterocycles.